The Morgan fingerprint density at radius 3 is 2.81 bits per heavy atom. The van der Waals surface area contributed by atoms with E-state index in [1.165, 1.54) is 23.0 Å². The molecule has 1 saturated carbocycles. The van der Waals surface area contributed by atoms with E-state index >= 15 is 0 Å². The summed E-state index contributed by atoms with van der Waals surface area (Å²) in [4.78, 5) is 30.2. The van der Waals surface area contributed by atoms with Gasteiger partial charge in [-0.1, -0.05) is 30.3 Å². The van der Waals surface area contributed by atoms with Gasteiger partial charge in [-0.3, -0.25) is 19.8 Å². The van der Waals surface area contributed by atoms with E-state index in [0.29, 0.717) is 49.9 Å². The third-order valence-corrected chi connectivity index (χ3v) is 11.9. The van der Waals surface area contributed by atoms with E-state index in [-0.39, 0.29) is 29.1 Å². The molecule has 1 amide bonds. The van der Waals surface area contributed by atoms with E-state index in [9.17, 15) is 25.1 Å². The smallest absolute Gasteiger partial charge is 0.276 e. The topological polar surface area (TPSA) is 116 Å². The fourth-order valence-electron chi connectivity index (χ4n) is 8.27. The summed E-state index contributed by atoms with van der Waals surface area (Å²) < 4.78 is 7.50. The molecule has 1 aromatic heterocycles. The van der Waals surface area contributed by atoms with Gasteiger partial charge in [-0.15, -0.1) is 11.3 Å². The number of carbonyl (C=O) groups is 1. The minimum absolute atomic E-state index is 0.145. The lowest BCUT2D eigenvalue weighted by Crippen LogP contribution is -2.78. The van der Waals surface area contributed by atoms with Crippen molar-refractivity contribution in [1.29, 1.82) is 0 Å². The molecular weight excluding hydrogens is 634 g/mol. The van der Waals surface area contributed by atoms with Crippen LogP contribution in [0.1, 0.15) is 40.8 Å². The molecule has 2 fully saturated rings. The largest absolute Gasteiger partial charge is 0.504 e. The summed E-state index contributed by atoms with van der Waals surface area (Å²) in [5.74, 6) is -0.275. The predicted molar refractivity (Wildman–Crippen MR) is 166 cm³/mol. The lowest BCUT2D eigenvalue weighted by atomic mass is 9.48. The average Bonchev–Trinajstić information content (AvgIpc) is 3.57. The van der Waals surface area contributed by atoms with Crippen molar-refractivity contribution in [2.45, 2.75) is 61.3 Å². The highest BCUT2D eigenvalue weighted by Gasteiger charge is 2.74. The molecule has 224 valence electrons. The van der Waals surface area contributed by atoms with Crippen molar-refractivity contribution in [3.8, 4) is 11.5 Å². The molecule has 1 saturated heterocycles. The van der Waals surface area contributed by atoms with Gasteiger partial charge in [0.2, 0.25) is 5.91 Å². The third kappa shape index (κ3) is 4.27. The van der Waals surface area contributed by atoms with Crippen molar-refractivity contribution in [3.63, 3.8) is 0 Å². The SMILES string of the molecule is CN(C(=O)/C=C/c1cc(Br)cs1)C1CC[C@@]2(O)[C@H]3Cc4c([N+](=O)[O-])cc(O)c5c4[C@@]2(CCN3CCc2ccccc2)C1O5. The lowest BCUT2D eigenvalue weighted by molar-refractivity contribution is -0.386. The molecule has 43 heavy (non-hydrogen) atoms. The van der Waals surface area contributed by atoms with Gasteiger partial charge in [0.25, 0.3) is 5.69 Å². The number of piperidine rings is 1. The van der Waals surface area contributed by atoms with Crippen LogP contribution in [0.2, 0.25) is 0 Å². The van der Waals surface area contributed by atoms with Crippen LogP contribution < -0.4 is 4.74 Å². The number of aromatic hydroxyl groups is 1. The maximum absolute atomic E-state index is 13.4. The van der Waals surface area contributed by atoms with E-state index < -0.39 is 28.1 Å². The summed E-state index contributed by atoms with van der Waals surface area (Å²) >= 11 is 4.97. The van der Waals surface area contributed by atoms with Gasteiger partial charge < -0.3 is 19.8 Å². The molecule has 11 heteroatoms. The number of likely N-dealkylation sites (tertiary alicyclic amines) is 1. The van der Waals surface area contributed by atoms with Crippen LogP contribution in [0.5, 0.6) is 11.5 Å². The minimum atomic E-state index is -1.24. The molecule has 2 aliphatic carbocycles. The standard InChI is InChI=1S/C32H32BrN3O6S/c1-34(27(38)8-7-21-15-20(33)18-43-21)23-9-11-32(39)26-16-22-24(36(40)41)17-25(37)29-28(22)31(32,30(23)42-29)12-14-35(26)13-10-19-5-3-2-4-6-19/h2-8,15,17-18,23,26,30,37,39H,9-14,16H2,1H3/b8-7+/t23?,26-,30?,31+,32-/m1/s1. The Morgan fingerprint density at radius 2 is 2.09 bits per heavy atom. The molecule has 2 aliphatic heterocycles. The van der Waals surface area contributed by atoms with Crippen LogP contribution in [0.4, 0.5) is 5.69 Å². The number of phenolic OH excluding ortho intramolecular Hbond substituents is 1. The number of benzene rings is 2. The predicted octanol–water partition coefficient (Wildman–Crippen LogP) is 5.06. The Hall–Kier alpha value is -3.25. The Labute approximate surface area is 261 Å². The number of amides is 1. The summed E-state index contributed by atoms with van der Waals surface area (Å²) in [5.41, 5.74) is -0.0992. The van der Waals surface area contributed by atoms with Crippen LogP contribution in [0.15, 0.2) is 58.4 Å². The highest BCUT2D eigenvalue weighted by atomic mass is 79.9. The number of hydrogen-bond donors (Lipinski definition) is 2. The Morgan fingerprint density at radius 1 is 1.30 bits per heavy atom. The van der Waals surface area contributed by atoms with Crippen molar-refractivity contribution < 1.29 is 24.7 Å². The fourth-order valence-corrected chi connectivity index (χ4v) is 9.60. The van der Waals surface area contributed by atoms with E-state index in [1.807, 2.05) is 29.6 Å². The van der Waals surface area contributed by atoms with Crippen molar-refractivity contribution >= 4 is 44.9 Å². The second-order valence-electron chi connectivity index (χ2n) is 12.1. The van der Waals surface area contributed by atoms with Gasteiger partial charge in [-0.2, -0.15) is 0 Å². The van der Waals surface area contributed by atoms with Crippen molar-refractivity contribution in [2.24, 2.45) is 0 Å². The number of phenols is 1. The molecule has 5 atom stereocenters. The molecule has 3 heterocycles. The molecular formula is C32H32BrN3O6S. The van der Waals surface area contributed by atoms with Gasteiger partial charge in [-0.25, -0.2) is 0 Å². The first-order valence-electron chi connectivity index (χ1n) is 14.5. The van der Waals surface area contributed by atoms with E-state index in [1.54, 1.807) is 24.1 Å². The number of ether oxygens (including phenoxy) is 1. The molecule has 2 aromatic carbocycles. The average molecular weight is 667 g/mol. The number of nitro benzene ring substituents is 1. The molecule has 9 nitrogen and oxygen atoms in total. The Bertz CT molecular complexity index is 1650. The zero-order valence-corrected chi connectivity index (χ0v) is 26.0. The molecule has 2 bridgehead atoms. The van der Waals surface area contributed by atoms with E-state index in [0.717, 1.165) is 15.8 Å². The maximum atomic E-state index is 13.4. The van der Waals surface area contributed by atoms with Gasteiger partial charge >= 0.3 is 0 Å². The number of nitro groups is 1. The molecule has 3 aromatic rings. The number of carbonyl (C=O) groups excluding carboxylic acids is 1. The summed E-state index contributed by atoms with van der Waals surface area (Å²) in [7, 11) is 1.74. The van der Waals surface area contributed by atoms with Gasteiger partial charge in [-0.05, 0) is 72.3 Å². The highest BCUT2D eigenvalue weighted by molar-refractivity contribution is 9.10. The quantitative estimate of drug-likeness (QED) is 0.206. The number of aliphatic hydroxyl groups is 1. The second-order valence-corrected chi connectivity index (χ2v) is 13.9. The zero-order chi connectivity index (χ0) is 30.1. The number of nitrogens with zero attached hydrogens (tertiary/aromatic N) is 3. The number of thiophene rings is 1. The first kappa shape index (κ1) is 28.5. The Balaban J connectivity index is 1.28. The van der Waals surface area contributed by atoms with Crippen molar-refractivity contribution in [3.05, 3.63) is 90.1 Å². The van der Waals surface area contributed by atoms with Crippen LogP contribution in [-0.2, 0) is 23.1 Å². The fraction of sp³-hybridized carbons (Fsp3) is 0.406. The van der Waals surface area contributed by atoms with Crippen LogP contribution in [-0.4, -0.2) is 74.8 Å². The maximum Gasteiger partial charge on any atom is 0.276 e. The van der Waals surface area contributed by atoms with E-state index in [2.05, 4.69) is 33.0 Å². The van der Waals surface area contributed by atoms with Gasteiger partial charge in [0.05, 0.1) is 28.0 Å². The number of rotatable bonds is 7. The summed E-state index contributed by atoms with van der Waals surface area (Å²) in [5, 5.41) is 38.0. The van der Waals surface area contributed by atoms with Crippen LogP contribution in [0.3, 0.4) is 0 Å². The molecule has 7 rings (SSSR count). The second kappa shape index (κ2) is 10.4. The summed E-state index contributed by atoms with van der Waals surface area (Å²) in [6.07, 6.45) is 5.16. The van der Waals surface area contributed by atoms with Crippen molar-refractivity contribution in [1.82, 2.24) is 9.80 Å². The number of hydrogen-bond acceptors (Lipinski definition) is 8. The summed E-state index contributed by atoms with van der Waals surface area (Å²) in [6, 6.07) is 12.5. The first-order chi connectivity index (χ1) is 20.6. The lowest BCUT2D eigenvalue weighted by Gasteiger charge is -2.64. The molecule has 1 spiro atoms. The molecule has 2 unspecified atom stereocenters. The zero-order valence-electron chi connectivity index (χ0n) is 23.6. The first-order valence-corrected chi connectivity index (χ1v) is 16.2. The van der Waals surface area contributed by atoms with E-state index in [4.69, 9.17) is 4.74 Å². The van der Waals surface area contributed by atoms with Crippen LogP contribution in [0.25, 0.3) is 6.08 Å². The molecule has 0 radical (unpaired) electrons. The summed E-state index contributed by atoms with van der Waals surface area (Å²) in [6.45, 7) is 1.37. The number of halogens is 1. The van der Waals surface area contributed by atoms with Gasteiger partial charge in [0, 0.05) is 51.6 Å². The third-order valence-electron chi connectivity index (χ3n) is 10.2. The van der Waals surface area contributed by atoms with Crippen molar-refractivity contribution in [2.75, 3.05) is 20.1 Å². The normalized spacial score (nSPS) is 28.9. The molecule has 4 aliphatic rings. The van der Waals surface area contributed by atoms with Gasteiger partial charge in [0.15, 0.2) is 11.5 Å². The highest BCUT2D eigenvalue weighted by Crippen LogP contribution is 2.67. The van der Waals surface area contributed by atoms with Crippen LogP contribution >= 0.6 is 27.3 Å². The van der Waals surface area contributed by atoms with Crippen LogP contribution in [0, 0.1) is 10.1 Å². The Kier molecular flexibility index (Phi) is 6.92. The minimum Gasteiger partial charge on any atom is -0.504 e. The van der Waals surface area contributed by atoms with Gasteiger partial charge in [0.1, 0.15) is 6.10 Å². The number of likely N-dealkylation sites (N-methyl/N-ethyl adjacent to an activating group) is 1. The monoisotopic (exact) mass is 665 g/mol. The molecule has 2 N–H and O–H groups in total.